The van der Waals surface area contributed by atoms with Gasteiger partial charge in [0.25, 0.3) is 0 Å². The van der Waals surface area contributed by atoms with Crippen molar-refractivity contribution in [3.8, 4) is 45.3 Å². The molecule has 6 aromatic carbocycles. The maximum absolute atomic E-state index is 5.25. The molecule has 50 heavy (non-hydrogen) atoms. The van der Waals surface area contributed by atoms with Crippen LogP contribution in [0.5, 0.6) is 0 Å². The van der Waals surface area contributed by atoms with Crippen molar-refractivity contribution in [2.45, 2.75) is 50.4 Å². The molecule has 2 aliphatic carbocycles. The first-order chi connectivity index (χ1) is 24.3. The molecule has 0 spiro atoms. The number of aromatic nitrogens is 3. The van der Waals surface area contributed by atoms with E-state index < -0.39 is 5.41 Å². The molecule has 0 atom stereocenters. The van der Waals surface area contributed by atoms with Gasteiger partial charge >= 0.3 is 0 Å². The topological polar surface area (TPSA) is 38.7 Å². The van der Waals surface area contributed by atoms with Gasteiger partial charge in [-0.2, -0.15) is 0 Å². The van der Waals surface area contributed by atoms with Crippen molar-refractivity contribution in [3.63, 3.8) is 0 Å². The molecule has 0 unspecified atom stereocenters. The Balaban J connectivity index is 1.28. The van der Waals surface area contributed by atoms with Crippen LogP contribution in [0.15, 0.2) is 152 Å². The molecule has 1 aromatic heterocycles. The quantitative estimate of drug-likeness (QED) is 0.187. The van der Waals surface area contributed by atoms with Gasteiger partial charge in [-0.3, -0.25) is 0 Å². The summed E-state index contributed by atoms with van der Waals surface area (Å²) in [6, 6.07) is 54.5. The van der Waals surface area contributed by atoms with E-state index in [0.717, 1.165) is 23.1 Å². The van der Waals surface area contributed by atoms with E-state index in [1.54, 1.807) is 0 Å². The van der Waals surface area contributed by atoms with E-state index in [0.29, 0.717) is 17.5 Å². The average Bonchev–Trinajstić information content (AvgIpc) is 3.55. The second-order valence-corrected chi connectivity index (χ2v) is 15.2. The number of fused-ring (bicyclic) bond motifs is 4. The maximum Gasteiger partial charge on any atom is 0.164 e. The zero-order valence-corrected chi connectivity index (χ0v) is 29.0. The average molecular weight is 646 g/mol. The number of hydrogen-bond acceptors (Lipinski definition) is 3. The minimum Gasteiger partial charge on any atom is -0.208 e. The van der Waals surface area contributed by atoms with Crippen LogP contribution in [0.2, 0.25) is 0 Å². The van der Waals surface area contributed by atoms with Crippen LogP contribution in [0, 0.1) is 0 Å². The second-order valence-electron chi connectivity index (χ2n) is 15.2. The largest absolute Gasteiger partial charge is 0.208 e. The molecule has 3 nitrogen and oxygen atoms in total. The van der Waals surface area contributed by atoms with Crippen molar-refractivity contribution in [1.29, 1.82) is 0 Å². The van der Waals surface area contributed by atoms with Crippen LogP contribution in [-0.2, 0) is 16.2 Å². The van der Waals surface area contributed by atoms with Gasteiger partial charge in [-0.25, -0.2) is 15.0 Å². The highest BCUT2D eigenvalue weighted by Crippen LogP contribution is 2.56. The molecule has 0 N–H and O–H groups in total. The summed E-state index contributed by atoms with van der Waals surface area (Å²) in [5.41, 5.74) is 12.9. The second kappa shape index (κ2) is 11.2. The van der Waals surface area contributed by atoms with Crippen molar-refractivity contribution in [3.05, 3.63) is 185 Å². The number of benzene rings is 6. The summed E-state index contributed by atoms with van der Waals surface area (Å²) in [6.45, 7) is 9.41. The summed E-state index contributed by atoms with van der Waals surface area (Å²) in [5.74, 6) is 2.04. The molecule has 0 saturated heterocycles. The zero-order chi connectivity index (χ0) is 34.1. The number of hydrogen-bond donors (Lipinski definition) is 0. The Morgan fingerprint density at radius 1 is 0.380 bits per heavy atom. The fourth-order valence-electron chi connectivity index (χ4n) is 9.06. The first kappa shape index (κ1) is 30.4. The van der Waals surface area contributed by atoms with Gasteiger partial charge in [0.2, 0.25) is 0 Å². The lowest BCUT2D eigenvalue weighted by molar-refractivity contribution is 0.403. The Morgan fingerprint density at radius 3 is 1.46 bits per heavy atom. The summed E-state index contributed by atoms with van der Waals surface area (Å²) in [6.07, 6.45) is 1.11. The van der Waals surface area contributed by atoms with E-state index in [1.807, 2.05) is 18.2 Å². The van der Waals surface area contributed by atoms with E-state index >= 15 is 0 Å². The molecule has 242 valence electrons. The van der Waals surface area contributed by atoms with Crippen LogP contribution in [0.25, 0.3) is 45.3 Å². The van der Waals surface area contributed by atoms with Crippen molar-refractivity contribution in [1.82, 2.24) is 15.0 Å². The Labute approximate surface area is 294 Å². The molecule has 7 aromatic rings. The molecule has 9 rings (SSSR count). The fourth-order valence-corrected chi connectivity index (χ4v) is 9.06. The summed E-state index contributed by atoms with van der Waals surface area (Å²) >= 11 is 0. The van der Waals surface area contributed by atoms with Crippen LogP contribution < -0.4 is 0 Å². The normalized spacial score (nSPS) is 16.0. The molecule has 0 radical (unpaired) electrons. The van der Waals surface area contributed by atoms with Crippen molar-refractivity contribution in [2.24, 2.45) is 0 Å². The first-order valence-corrected chi connectivity index (χ1v) is 17.6. The molecule has 0 saturated carbocycles. The molecular formula is C47H39N3. The predicted molar refractivity (Wildman–Crippen MR) is 204 cm³/mol. The molecule has 0 aliphatic heterocycles. The van der Waals surface area contributed by atoms with Crippen LogP contribution >= 0.6 is 0 Å². The standard InChI is InChI=1S/C47H39N3/c1-45(2)30-46(3,4)41-29-33(25-27-39(41)45)44-49-42(31-16-8-5-9-17-31)48-43(50-44)32-24-26-37-36-22-14-15-23-38(36)47(40(37)28-32,34-18-10-6-11-19-34)35-20-12-7-13-21-35/h5-29H,30H2,1-4H3. The zero-order valence-electron chi connectivity index (χ0n) is 29.0. The maximum atomic E-state index is 5.25. The summed E-state index contributed by atoms with van der Waals surface area (Å²) < 4.78 is 0. The van der Waals surface area contributed by atoms with Gasteiger partial charge in [0, 0.05) is 16.7 Å². The van der Waals surface area contributed by atoms with Crippen LogP contribution in [0.1, 0.15) is 67.5 Å². The van der Waals surface area contributed by atoms with Crippen LogP contribution in [0.3, 0.4) is 0 Å². The van der Waals surface area contributed by atoms with Gasteiger partial charge in [0.1, 0.15) is 0 Å². The molecule has 2 aliphatic rings. The third-order valence-electron chi connectivity index (χ3n) is 11.0. The van der Waals surface area contributed by atoms with Gasteiger partial charge in [-0.15, -0.1) is 0 Å². The van der Waals surface area contributed by atoms with Gasteiger partial charge in [0.15, 0.2) is 17.5 Å². The smallest absolute Gasteiger partial charge is 0.164 e. The molecule has 3 heteroatoms. The summed E-state index contributed by atoms with van der Waals surface area (Å²) in [5, 5.41) is 0. The lowest BCUT2D eigenvalue weighted by Gasteiger charge is -2.34. The first-order valence-electron chi connectivity index (χ1n) is 17.6. The van der Waals surface area contributed by atoms with Crippen molar-refractivity contribution in [2.75, 3.05) is 0 Å². The third kappa shape index (κ3) is 4.60. The molecule has 0 fully saturated rings. The van der Waals surface area contributed by atoms with Crippen LogP contribution in [-0.4, -0.2) is 15.0 Å². The van der Waals surface area contributed by atoms with Crippen molar-refractivity contribution < 1.29 is 0 Å². The molecule has 1 heterocycles. The highest BCUT2D eigenvalue weighted by molar-refractivity contribution is 5.88. The SMILES string of the molecule is CC1(C)CC(C)(C)c2cc(-c3nc(-c4ccccc4)nc(-c4ccc5c(c4)C(c4ccccc4)(c4ccccc4)c4ccccc4-5)n3)ccc21. The highest BCUT2D eigenvalue weighted by Gasteiger charge is 2.46. The fraction of sp³-hybridized carbons (Fsp3) is 0.170. The Kier molecular flexibility index (Phi) is 6.80. The minimum absolute atomic E-state index is 0.0696. The van der Waals surface area contributed by atoms with Gasteiger partial charge < -0.3 is 0 Å². The van der Waals surface area contributed by atoms with Crippen molar-refractivity contribution >= 4 is 0 Å². The lowest BCUT2D eigenvalue weighted by atomic mass is 9.67. The highest BCUT2D eigenvalue weighted by atomic mass is 15.0. The van der Waals surface area contributed by atoms with Gasteiger partial charge in [-0.1, -0.05) is 167 Å². The molecule has 0 bridgehead atoms. The predicted octanol–water partition coefficient (Wildman–Crippen LogP) is 11.2. The van der Waals surface area contributed by atoms with E-state index in [4.69, 9.17) is 15.0 Å². The van der Waals surface area contributed by atoms with E-state index in [2.05, 4.69) is 161 Å². The van der Waals surface area contributed by atoms with Gasteiger partial charge in [0.05, 0.1) is 5.41 Å². The number of rotatable bonds is 5. The molecule has 0 amide bonds. The summed E-state index contributed by atoms with van der Waals surface area (Å²) in [4.78, 5) is 15.5. The lowest BCUT2D eigenvalue weighted by Crippen LogP contribution is -2.28. The number of nitrogens with zero attached hydrogens (tertiary/aromatic N) is 3. The van der Waals surface area contributed by atoms with E-state index in [-0.39, 0.29) is 10.8 Å². The van der Waals surface area contributed by atoms with E-state index in [1.165, 1.54) is 44.5 Å². The Bertz CT molecular complexity index is 2350. The summed E-state index contributed by atoms with van der Waals surface area (Å²) in [7, 11) is 0. The van der Waals surface area contributed by atoms with Gasteiger partial charge in [-0.05, 0) is 73.9 Å². The Hall–Kier alpha value is -5.67. The van der Waals surface area contributed by atoms with E-state index in [9.17, 15) is 0 Å². The minimum atomic E-state index is -0.499. The third-order valence-corrected chi connectivity index (χ3v) is 11.0. The Morgan fingerprint density at radius 2 is 0.840 bits per heavy atom. The van der Waals surface area contributed by atoms with Crippen LogP contribution in [0.4, 0.5) is 0 Å². The monoisotopic (exact) mass is 645 g/mol. The molecular weight excluding hydrogens is 607 g/mol.